The van der Waals surface area contributed by atoms with Gasteiger partial charge in [0.25, 0.3) is 0 Å². The van der Waals surface area contributed by atoms with Gasteiger partial charge >= 0.3 is 0 Å². The lowest BCUT2D eigenvalue weighted by atomic mass is 9.96. The van der Waals surface area contributed by atoms with E-state index in [0.717, 1.165) is 0 Å². The molecule has 0 aliphatic carbocycles. The Morgan fingerprint density at radius 2 is 1.67 bits per heavy atom. The Kier molecular flexibility index (Phi) is 3.44. The molecular weight excluding hydrogens is 196 g/mol. The second-order valence-electron chi connectivity index (χ2n) is 4.20. The number of carbonyl (C=O) groups is 3. The van der Waals surface area contributed by atoms with E-state index >= 15 is 0 Å². The second-order valence-corrected chi connectivity index (χ2v) is 4.20. The molecule has 0 radical (unpaired) electrons. The maximum absolute atomic E-state index is 11.8. The topological polar surface area (TPSA) is 66.5 Å². The van der Waals surface area contributed by atoms with Crippen LogP contribution in [0, 0.1) is 11.8 Å². The van der Waals surface area contributed by atoms with Crippen molar-refractivity contribution in [2.75, 3.05) is 13.1 Å². The fraction of sp³-hybridized carbons (Fsp3) is 0.700. The Balaban J connectivity index is 2.67. The molecule has 3 amide bonds. The summed E-state index contributed by atoms with van der Waals surface area (Å²) < 4.78 is 0. The molecule has 0 bridgehead atoms. The van der Waals surface area contributed by atoms with E-state index in [4.69, 9.17) is 0 Å². The Morgan fingerprint density at radius 1 is 1.20 bits per heavy atom. The van der Waals surface area contributed by atoms with Crippen LogP contribution in [-0.4, -0.2) is 35.7 Å². The number of carbonyl (C=O) groups excluding carboxylic acids is 3. The number of amides is 3. The van der Waals surface area contributed by atoms with Crippen molar-refractivity contribution >= 4 is 17.7 Å². The minimum Gasteiger partial charge on any atom is -0.324 e. The number of piperazine rings is 1. The van der Waals surface area contributed by atoms with Crippen LogP contribution in [0.4, 0.5) is 0 Å². The van der Waals surface area contributed by atoms with Gasteiger partial charge in [-0.2, -0.15) is 0 Å². The number of nitrogens with zero attached hydrogens (tertiary/aromatic N) is 1. The van der Waals surface area contributed by atoms with Gasteiger partial charge < -0.3 is 4.90 Å². The molecule has 1 fully saturated rings. The largest absolute Gasteiger partial charge is 0.324 e. The van der Waals surface area contributed by atoms with Crippen molar-refractivity contribution < 1.29 is 14.4 Å². The zero-order valence-corrected chi connectivity index (χ0v) is 9.24. The van der Waals surface area contributed by atoms with E-state index in [0.29, 0.717) is 0 Å². The van der Waals surface area contributed by atoms with Crippen LogP contribution in [0.2, 0.25) is 0 Å². The zero-order chi connectivity index (χ0) is 11.6. The molecule has 5 nitrogen and oxygen atoms in total. The van der Waals surface area contributed by atoms with Gasteiger partial charge in [0, 0.05) is 5.92 Å². The van der Waals surface area contributed by atoms with Gasteiger partial charge in [0.1, 0.15) is 13.1 Å². The van der Waals surface area contributed by atoms with E-state index in [1.807, 2.05) is 20.8 Å². The lowest BCUT2D eigenvalue weighted by Crippen LogP contribution is -2.54. The normalized spacial score (nSPS) is 19.1. The third kappa shape index (κ3) is 2.78. The number of rotatable bonds is 2. The predicted octanol–water partition coefficient (Wildman–Crippen LogP) is -0.236. The summed E-state index contributed by atoms with van der Waals surface area (Å²) in [5.74, 6) is -0.902. The Labute approximate surface area is 88.8 Å². The van der Waals surface area contributed by atoms with Crippen LogP contribution in [0.3, 0.4) is 0 Å². The monoisotopic (exact) mass is 212 g/mol. The highest BCUT2D eigenvalue weighted by Crippen LogP contribution is 2.13. The summed E-state index contributed by atoms with van der Waals surface area (Å²) in [6, 6.07) is 0. The number of nitrogens with one attached hydrogen (secondary N) is 1. The van der Waals surface area contributed by atoms with Crippen molar-refractivity contribution in [1.82, 2.24) is 10.2 Å². The molecule has 1 atom stereocenters. The van der Waals surface area contributed by atoms with E-state index in [-0.39, 0.29) is 30.8 Å². The predicted molar refractivity (Wildman–Crippen MR) is 53.7 cm³/mol. The molecule has 1 aliphatic rings. The van der Waals surface area contributed by atoms with Gasteiger partial charge in [0.15, 0.2) is 0 Å². The van der Waals surface area contributed by atoms with Gasteiger partial charge in [-0.15, -0.1) is 0 Å². The molecule has 1 rings (SSSR count). The molecule has 84 valence electrons. The summed E-state index contributed by atoms with van der Waals surface area (Å²) in [5.41, 5.74) is 0. The third-order valence-corrected chi connectivity index (χ3v) is 2.65. The highest BCUT2D eigenvalue weighted by Gasteiger charge is 2.30. The first-order valence-electron chi connectivity index (χ1n) is 5.03. The van der Waals surface area contributed by atoms with E-state index < -0.39 is 11.8 Å². The Hall–Kier alpha value is -1.39. The highest BCUT2D eigenvalue weighted by molar-refractivity contribution is 6.02. The maximum atomic E-state index is 11.8. The Morgan fingerprint density at radius 3 is 2.07 bits per heavy atom. The first kappa shape index (κ1) is 11.7. The molecule has 0 aromatic heterocycles. The van der Waals surface area contributed by atoms with Gasteiger partial charge in [-0.3, -0.25) is 19.7 Å². The zero-order valence-electron chi connectivity index (χ0n) is 9.24. The number of hydrogen-bond donors (Lipinski definition) is 1. The van der Waals surface area contributed by atoms with Gasteiger partial charge in [-0.05, 0) is 5.92 Å². The molecular formula is C10H16N2O3. The molecule has 15 heavy (non-hydrogen) atoms. The van der Waals surface area contributed by atoms with E-state index in [9.17, 15) is 14.4 Å². The van der Waals surface area contributed by atoms with Crippen LogP contribution in [0.25, 0.3) is 0 Å². The molecule has 0 saturated carbocycles. The van der Waals surface area contributed by atoms with E-state index in [1.165, 1.54) is 4.90 Å². The van der Waals surface area contributed by atoms with Crippen LogP contribution >= 0.6 is 0 Å². The summed E-state index contributed by atoms with van der Waals surface area (Å²) in [4.78, 5) is 35.2. The lowest BCUT2D eigenvalue weighted by molar-refractivity contribution is -0.148. The average Bonchev–Trinajstić information content (AvgIpc) is 2.13. The summed E-state index contributed by atoms with van der Waals surface area (Å²) in [6.07, 6.45) is 0. The van der Waals surface area contributed by atoms with Crippen molar-refractivity contribution in [2.24, 2.45) is 11.8 Å². The second kappa shape index (κ2) is 4.42. The van der Waals surface area contributed by atoms with E-state index in [1.54, 1.807) is 0 Å². The Bertz CT molecular complexity index is 283. The standard InChI is InChI=1S/C10H16N2O3/c1-6(2)7(3)10(15)12-4-8(13)11-9(14)5-12/h6-7H,4-5H2,1-3H3,(H,11,13,14). The molecule has 1 unspecified atom stereocenters. The summed E-state index contributed by atoms with van der Waals surface area (Å²) in [6.45, 7) is 5.66. The summed E-state index contributed by atoms with van der Waals surface area (Å²) in [7, 11) is 0. The van der Waals surface area contributed by atoms with Crippen molar-refractivity contribution in [3.63, 3.8) is 0 Å². The van der Waals surface area contributed by atoms with Gasteiger partial charge in [-0.25, -0.2) is 0 Å². The number of hydrogen-bond acceptors (Lipinski definition) is 3. The van der Waals surface area contributed by atoms with Crippen LogP contribution in [0.1, 0.15) is 20.8 Å². The molecule has 1 saturated heterocycles. The lowest BCUT2D eigenvalue weighted by Gasteiger charge is -2.29. The highest BCUT2D eigenvalue weighted by atomic mass is 16.2. The molecule has 1 heterocycles. The van der Waals surface area contributed by atoms with Crippen molar-refractivity contribution in [3.8, 4) is 0 Å². The number of imide groups is 1. The van der Waals surface area contributed by atoms with Crippen LogP contribution in [0.5, 0.6) is 0 Å². The average molecular weight is 212 g/mol. The first-order valence-corrected chi connectivity index (χ1v) is 5.03. The SMILES string of the molecule is CC(C)C(C)C(=O)N1CC(=O)NC(=O)C1. The fourth-order valence-electron chi connectivity index (χ4n) is 1.37. The summed E-state index contributed by atoms with van der Waals surface area (Å²) in [5, 5.41) is 2.16. The minimum absolute atomic E-state index is 0.0123. The van der Waals surface area contributed by atoms with Crippen molar-refractivity contribution in [3.05, 3.63) is 0 Å². The van der Waals surface area contributed by atoms with Crippen molar-refractivity contribution in [1.29, 1.82) is 0 Å². The summed E-state index contributed by atoms with van der Waals surface area (Å²) >= 11 is 0. The van der Waals surface area contributed by atoms with Crippen LogP contribution < -0.4 is 5.32 Å². The van der Waals surface area contributed by atoms with Gasteiger partial charge in [-0.1, -0.05) is 20.8 Å². The van der Waals surface area contributed by atoms with Gasteiger partial charge in [0.05, 0.1) is 0 Å². The molecule has 1 aliphatic heterocycles. The third-order valence-electron chi connectivity index (χ3n) is 2.65. The molecule has 0 spiro atoms. The van der Waals surface area contributed by atoms with E-state index in [2.05, 4.69) is 5.32 Å². The fourth-order valence-corrected chi connectivity index (χ4v) is 1.37. The molecule has 5 heteroatoms. The maximum Gasteiger partial charge on any atom is 0.246 e. The minimum atomic E-state index is -0.407. The van der Waals surface area contributed by atoms with Crippen LogP contribution in [0.15, 0.2) is 0 Å². The molecule has 1 N–H and O–H groups in total. The quantitative estimate of drug-likeness (QED) is 0.643. The first-order chi connectivity index (χ1) is 6.91. The van der Waals surface area contributed by atoms with Crippen molar-refractivity contribution in [2.45, 2.75) is 20.8 Å². The van der Waals surface area contributed by atoms with Gasteiger partial charge in [0.2, 0.25) is 17.7 Å². The van der Waals surface area contributed by atoms with Crippen LogP contribution in [-0.2, 0) is 14.4 Å². The molecule has 0 aromatic rings. The smallest absolute Gasteiger partial charge is 0.246 e. The molecule has 0 aromatic carbocycles.